The van der Waals surface area contributed by atoms with Crippen LogP contribution in [0.25, 0.3) is 11.2 Å². The number of carbonyl (C=O) groups is 4. The van der Waals surface area contributed by atoms with Crippen molar-refractivity contribution in [3.05, 3.63) is 52.7 Å². The van der Waals surface area contributed by atoms with E-state index in [1.807, 2.05) is 30.3 Å². The number of carboxylic acid groups (broad SMARTS) is 1. The van der Waals surface area contributed by atoms with Crippen LogP contribution in [0.3, 0.4) is 0 Å². The zero-order valence-electron chi connectivity index (χ0n) is 24.4. The summed E-state index contributed by atoms with van der Waals surface area (Å²) < 4.78 is 11.9. The maximum atomic E-state index is 12.6. The van der Waals surface area contributed by atoms with Crippen molar-refractivity contribution in [3.63, 3.8) is 0 Å². The highest BCUT2D eigenvalue weighted by atomic mass is 16.6. The zero-order chi connectivity index (χ0) is 31.6. The van der Waals surface area contributed by atoms with Crippen molar-refractivity contribution in [2.75, 3.05) is 31.5 Å². The first kappa shape index (κ1) is 32.4. The minimum absolute atomic E-state index is 0.0637. The fraction of sp³-hybridized carbons (Fsp3) is 0.444. The number of hydrogen-bond donors (Lipinski definition) is 5. The van der Waals surface area contributed by atoms with Gasteiger partial charge in [0.15, 0.2) is 5.65 Å². The van der Waals surface area contributed by atoms with Crippen LogP contribution in [0.2, 0.25) is 0 Å². The molecule has 3 amide bonds. The van der Waals surface area contributed by atoms with Crippen molar-refractivity contribution < 1.29 is 33.8 Å². The number of hydrogen-bond acceptors (Lipinski definition) is 10. The summed E-state index contributed by atoms with van der Waals surface area (Å²) >= 11 is 0. The predicted octanol–water partition coefficient (Wildman–Crippen LogP) is 1.80. The van der Waals surface area contributed by atoms with Gasteiger partial charge in [-0.3, -0.25) is 24.5 Å². The van der Waals surface area contributed by atoms with E-state index in [4.69, 9.17) is 9.47 Å². The molecule has 0 saturated carbocycles. The maximum Gasteiger partial charge on any atom is 0.409 e. The smallest absolute Gasteiger partial charge is 0.409 e. The average Bonchev–Trinajstić information content (AvgIpc) is 3.34. The predicted molar refractivity (Wildman–Crippen MR) is 154 cm³/mol. The third-order valence-electron chi connectivity index (χ3n) is 5.77. The lowest BCUT2D eigenvalue weighted by Gasteiger charge is -2.28. The number of carboxylic acids is 1. The van der Waals surface area contributed by atoms with E-state index >= 15 is 0 Å². The number of imidazole rings is 1. The Balaban J connectivity index is 1.71. The van der Waals surface area contributed by atoms with E-state index in [0.29, 0.717) is 19.5 Å². The summed E-state index contributed by atoms with van der Waals surface area (Å²) in [6, 6.07) is 9.27. The molecule has 0 spiro atoms. The summed E-state index contributed by atoms with van der Waals surface area (Å²) in [5.41, 5.74) is -0.382. The molecule has 43 heavy (non-hydrogen) atoms. The van der Waals surface area contributed by atoms with Crippen LogP contribution in [-0.4, -0.2) is 85.4 Å². The second-order valence-corrected chi connectivity index (χ2v) is 10.5. The lowest BCUT2D eigenvalue weighted by molar-refractivity contribution is -0.144. The van der Waals surface area contributed by atoms with Gasteiger partial charge < -0.3 is 30.1 Å². The van der Waals surface area contributed by atoms with Crippen LogP contribution in [-0.2, 0) is 25.7 Å². The molecule has 0 aliphatic carbocycles. The van der Waals surface area contributed by atoms with Crippen LogP contribution in [0.1, 0.15) is 45.8 Å². The van der Waals surface area contributed by atoms with E-state index in [1.165, 1.54) is 17.8 Å². The minimum Gasteiger partial charge on any atom is -0.480 e. The second-order valence-electron chi connectivity index (χ2n) is 10.5. The first-order valence-corrected chi connectivity index (χ1v) is 13.4. The van der Waals surface area contributed by atoms with Gasteiger partial charge in [0.05, 0.1) is 12.9 Å². The second kappa shape index (κ2) is 14.7. The van der Waals surface area contributed by atoms with Crippen LogP contribution in [0, 0.1) is 0 Å². The van der Waals surface area contributed by atoms with E-state index in [1.54, 1.807) is 20.8 Å². The number of rotatable bonds is 13. The van der Waals surface area contributed by atoms with Gasteiger partial charge in [-0.15, -0.1) is 0 Å². The molecule has 3 aromatic rings. The molecule has 16 nitrogen and oxygen atoms in total. The largest absolute Gasteiger partial charge is 0.480 e. The molecule has 2 aromatic heterocycles. The first-order valence-electron chi connectivity index (χ1n) is 13.4. The molecular weight excluding hydrogens is 564 g/mol. The molecule has 0 fully saturated rings. The number of amides is 3. The average molecular weight is 601 g/mol. The molecule has 0 saturated heterocycles. The normalized spacial score (nSPS) is 11.8. The summed E-state index contributed by atoms with van der Waals surface area (Å²) in [6.07, 6.45) is -0.707. The zero-order valence-corrected chi connectivity index (χ0v) is 24.4. The van der Waals surface area contributed by atoms with Gasteiger partial charge in [-0.05, 0) is 32.8 Å². The summed E-state index contributed by atoms with van der Waals surface area (Å²) in [5.74, 6) is -1.55. The number of anilines is 1. The third-order valence-corrected chi connectivity index (χ3v) is 5.77. The SMILES string of the molecule is CC(=O)N(CC(=O)O)CC(NC(=O)OC(C)(C)C)n1cnc2c(NCCCNC(=O)OCc3ccccc3)[nH]c(=O)nc21. The van der Waals surface area contributed by atoms with Gasteiger partial charge in [0.25, 0.3) is 0 Å². The number of nitrogens with zero attached hydrogens (tertiary/aromatic N) is 4. The van der Waals surface area contributed by atoms with Crippen molar-refractivity contribution >= 4 is 41.0 Å². The molecule has 1 atom stereocenters. The van der Waals surface area contributed by atoms with Crippen LogP contribution in [0.15, 0.2) is 41.5 Å². The Hall–Kier alpha value is -5.15. The van der Waals surface area contributed by atoms with Crippen molar-refractivity contribution in [1.82, 2.24) is 35.1 Å². The van der Waals surface area contributed by atoms with Gasteiger partial charge in [0, 0.05) is 20.0 Å². The van der Waals surface area contributed by atoms with Gasteiger partial charge in [-0.25, -0.2) is 19.4 Å². The van der Waals surface area contributed by atoms with Crippen molar-refractivity contribution in [1.29, 1.82) is 0 Å². The number of aliphatic carboxylic acids is 1. The van der Waals surface area contributed by atoms with Gasteiger partial charge in [0.1, 0.15) is 36.3 Å². The van der Waals surface area contributed by atoms with Gasteiger partial charge in [0.2, 0.25) is 5.91 Å². The quantitative estimate of drug-likeness (QED) is 0.179. The highest BCUT2D eigenvalue weighted by Gasteiger charge is 2.27. The monoisotopic (exact) mass is 600 g/mol. The fourth-order valence-corrected chi connectivity index (χ4v) is 3.88. The Morgan fingerprint density at radius 2 is 1.84 bits per heavy atom. The number of carbonyl (C=O) groups excluding carboxylic acids is 3. The topological polar surface area (TPSA) is 210 Å². The molecule has 0 aliphatic heterocycles. The van der Waals surface area contributed by atoms with Crippen molar-refractivity contribution in [2.45, 2.75) is 52.5 Å². The Kier molecular flexibility index (Phi) is 11.0. The standard InChI is InChI=1S/C27H36N8O8/c1-17(36)34(14-20(37)38)13-19(31-26(41)43-27(2,3)4)35-16-30-21-22(32-24(39)33-23(21)35)28-11-8-12-29-25(40)42-15-18-9-6-5-7-10-18/h5-7,9-10,16,19H,8,11-15H2,1-4H3,(H,29,40)(H,31,41)(H,37,38)(H2,28,32,33,39). The van der Waals surface area contributed by atoms with E-state index in [-0.39, 0.29) is 30.1 Å². The fourth-order valence-electron chi connectivity index (χ4n) is 3.88. The summed E-state index contributed by atoms with van der Waals surface area (Å²) in [5, 5.41) is 17.6. The van der Waals surface area contributed by atoms with Crippen LogP contribution in [0.5, 0.6) is 0 Å². The summed E-state index contributed by atoms with van der Waals surface area (Å²) in [6.45, 7) is 6.07. The number of aromatic amines is 1. The van der Waals surface area contributed by atoms with E-state index in [0.717, 1.165) is 10.5 Å². The molecule has 3 rings (SSSR count). The molecule has 2 heterocycles. The maximum absolute atomic E-state index is 12.6. The highest BCUT2D eigenvalue weighted by Crippen LogP contribution is 2.20. The molecule has 0 bridgehead atoms. The molecule has 0 radical (unpaired) electrons. The molecule has 0 aliphatic rings. The highest BCUT2D eigenvalue weighted by molar-refractivity contribution is 5.83. The van der Waals surface area contributed by atoms with E-state index in [9.17, 15) is 29.1 Å². The number of aromatic nitrogens is 4. The lowest BCUT2D eigenvalue weighted by atomic mass is 10.2. The lowest BCUT2D eigenvalue weighted by Crippen LogP contribution is -2.45. The molecule has 16 heteroatoms. The van der Waals surface area contributed by atoms with E-state index < -0.39 is 48.1 Å². The first-order chi connectivity index (χ1) is 20.3. The van der Waals surface area contributed by atoms with Crippen molar-refractivity contribution in [3.8, 4) is 0 Å². The molecule has 1 aromatic carbocycles. The summed E-state index contributed by atoms with van der Waals surface area (Å²) in [7, 11) is 0. The third kappa shape index (κ3) is 10.3. The van der Waals surface area contributed by atoms with Crippen molar-refractivity contribution in [2.24, 2.45) is 0 Å². The number of alkyl carbamates (subject to hydrolysis) is 2. The number of benzene rings is 1. The Morgan fingerprint density at radius 3 is 2.49 bits per heavy atom. The summed E-state index contributed by atoms with van der Waals surface area (Å²) in [4.78, 5) is 72.5. The van der Waals surface area contributed by atoms with Crippen LogP contribution in [0.4, 0.5) is 15.4 Å². The number of ether oxygens (including phenoxy) is 2. The molecule has 5 N–H and O–H groups in total. The Morgan fingerprint density at radius 1 is 1.12 bits per heavy atom. The Labute approximate surface area is 246 Å². The number of fused-ring (bicyclic) bond motifs is 1. The van der Waals surface area contributed by atoms with Gasteiger partial charge in [-0.2, -0.15) is 4.98 Å². The number of H-pyrrole nitrogens is 1. The van der Waals surface area contributed by atoms with Crippen LogP contribution >= 0.6 is 0 Å². The molecular formula is C27H36N8O8. The molecule has 1 unspecified atom stereocenters. The minimum atomic E-state index is -1.25. The number of nitrogens with one attached hydrogen (secondary N) is 4. The van der Waals surface area contributed by atoms with Crippen LogP contribution < -0.4 is 21.6 Å². The van der Waals surface area contributed by atoms with Gasteiger partial charge >= 0.3 is 23.8 Å². The van der Waals surface area contributed by atoms with E-state index in [2.05, 4.69) is 30.9 Å². The molecule has 232 valence electrons. The van der Waals surface area contributed by atoms with Gasteiger partial charge in [-0.1, -0.05) is 30.3 Å². The Bertz CT molecular complexity index is 1480.